The summed E-state index contributed by atoms with van der Waals surface area (Å²) in [5.74, 6) is -0.700. The van der Waals surface area contributed by atoms with Gasteiger partial charge in [-0.2, -0.15) is 0 Å². The van der Waals surface area contributed by atoms with Crippen molar-refractivity contribution in [2.75, 3.05) is 6.54 Å². The summed E-state index contributed by atoms with van der Waals surface area (Å²) >= 11 is 0. The highest BCUT2D eigenvalue weighted by molar-refractivity contribution is 5.74. The second-order valence-electron chi connectivity index (χ2n) is 4.08. The number of ether oxygens (including phenoxy) is 1. The molecule has 0 amide bonds. The summed E-state index contributed by atoms with van der Waals surface area (Å²) in [6.45, 7) is 0.964. The average Bonchev–Trinajstić information content (AvgIpc) is 2.74. The lowest BCUT2D eigenvalue weighted by atomic mass is 10.1. The zero-order valence-corrected chi connectivity index (χ0v) is 9.30. The number of nitrogens with one attached hydrogen (secondary N) is 1. The van der Waals surface area contributed by atoms with E-state index in [9.17, 15) is 9.90 Å². The lowest BCUT2D eigenvalue weighted by Gasteiger charge is -2.16. The van der Waals surface area contributed by atoms with Crippen LogP contribution in [0.5, 0.6) is 5.75 Å². The molecule has 0 saturated carbocycles. The molecule has 1 saturated heterocycles. The highest BCUT2D eigenvalue weighted by Crippen LogP contribution is 2.16. The first-order valence-corrected chi connectivity index (χ1v) is 5.52. The van der Waals surface area contributed by atoms with Crippen LogP contribution in [-0.2, 0) is 16.1 Å². The molecule has 1 heterocycles. The van der Waals surface area contributed by atoms with Crippen LogP contribution in [-0.4, -0.2) is 34.9 Å². The molecule has 0 aliphatic carbocycles. The Balaban J connectivity index is 1.91. The van der Waals surface area contributed by atoms with Crippen LogP contribution >= 0.6 is 0 Å². The second kappa shape index (κ2) is 5.16. The molecule has 2 unspecified atom stereocenters. The largest absolute Gasteiger partial charge is 0.508 e. The molecule has 3 N–H and O–H groups in total. The van der Waals surface area contributed by atoms with Gasteiger partial charge in [0.25, 0.3) is 0 Å². The number of aliphatic carboxylic acids is 1. The van der Waals surface area contributed by atoms with Crippen molar-refractivity contribution >= 4 is 5.97 Å². The van der Waals surface area contributed by atoms with Gasteiger partial charge in [-0.15, -0.1) is 0 Å². The molecule has 1 aromatic rings. The van der Waals surface area contributed by atoms with E-state index in [1.165, 1.54) is 0 Å². The molecule has 2 rings (SSSR count). The third kappa shape index (κ3) is 2.95. The summed E-state index contributed by atoms with van der Waals surface area (Å²) in [5.41, 5.74) is 0.834. The van der Waals surface area contributed by atoms with Gasteiger partial charge < -0.3 is 20.3 Å². The van der Waals surface area contributed by atoms with E-state index in [-0.39, 0.29) is 11.9 Å². The van der Waals surface area contributed by atoms with Crippen molar-refractivity contribution in [3.05, 3.63) is 29.8 Å². The van der Waals surface area contributed by atoms with Gasteiger partial charge in [-0.3, -0.25) is 4.79 Å². The van der Waals surface area contributed by atoms with E-state index in [1.807, 2.05) is 6.07 Å². The Kier molecular flexibility index (Phi) is 3.61. The van der Waals surface area contributed by atoms with Crippen LogP contribution in [0.15, 0.2) is 24.3 Å². The van der Waals surface area contributed by atoms with Crippen LogP contribution in [0.3, 0.4) is 0 Å². The number of hydrogen-bond donors (Lipinski definition) is 3. The Morgan fingerprint density at radius 1 is 1.53 bits per heavy atom. The molecular weight excluding hydrogens is 222 g/mol. The first-order valence-electron chi connectivity index (χ1n) is 5.52. The third-order valence-corrected chi connectivity index (χ3v) is 2.81. The molecule has 5 heteroatoms. The fourth-order valence-electron chi connectivity index (χ4n) is 1.95. The van der Waals surface area contributed by atoms with E-state index < -0.39 is 12.0 Å². The quantitative estimate of drug-likeness (QED) is 0.719. The van der Waals surface area contributed by atoms with Crippen LogP contribution in [0.25, 0.3) is 0 Å². The summed E-state index contributed by atoms with van der Waals surface area (Å²) in [6, 6.07) is 6.12. The third-order valence-electron chi connectivity index (χ3n) is 2.81. The normalized spacial score (nSPS) is 23.8. The standard InChI is InChI=1S/C12H15NO4/c14-9-3-1-2-8(6-9)7-17-10-4-5-13-11(10)12(15)16/h1-3,6,10-11,13-14H,4-5,7H2,(H,15,16). The highest BCUT2D eigenvalue weighted by atomic mass is 16.5. The molecule has 0 aromatic heterocycles. The Morgan fingerprint density at radius 3 is 3.06 bits per heavy atom. The van der Waals surface area contributed by atoms with E-state index in [4.69, 9.17) is 9.84 Å². The van der Waals surface area contributed by atoms with Crippen molar-refractivity contribution in [2.45, 2.75) is 25.2 Å². The van der Waals surface area contributed by atoms with Crippen molar-refractivity contribution in [1.29, 1.82) is 0 Å². The monoisotopic (exact) mass is 237 g/mol. The van der Waals surface area contributed by atoms with Gasteiger partial charge in [0.05, 0.1) is 12.7 Å². The van der Waals surface area contributed by atoms with Gasteiger partial charge in [-0.25, -0.2) is 0 Å². The van der Waals surface area contributed by atoms with Gasteiger partial charge in [-0.05, 0) is 30.7 Å². The molecular formula is C12H15NO4. The molecule has 1 fully saturated rings. The van der Waals surface area contributed by atoms with E-state index >= 15 is 0 Å². The van der Waals surface area contributed by atoms with Gasteiger partial charge in [0.1, 0.15) is 11.8 Å². The van der Waals surface area contributed by atoms with E-state index in [1.54, 1.807) is 18.2 Å². The SMILES string of the molecule is O=C(O)C1NCCC1OCc1cccc(O)c1. The van der Waals surface area contributed by atoms with Crippen molar-refractivity contribution in [1.82, 2.24) is 5.32 Å². The number of carboxylic acids is 1. The molecule has 1 aromatic carbocycles. The molecule has 0 radical (unpaired) electrons. The maximum Gasteiger partial charge on any atom is 0.323 e. The van der Waals surface area contributed by atoms with Gasteiger partial charge in [0.2, 0.25) is 0 Å². The van der Waals surface area contributed by atoms with Crippen LogP contribution in [0.4, 0.5) is 0 Å². The number of benzene rings is 1. The average molecular weight is 237 g/mol. The molecule has 1 aliphatic heterocycles. The smallest absolute Gasteiger partial charge is 0.323 e. The predicted molar refractivity (Wildman–Crippen MR) is 60.7 cm³/mol. The van der Waals surface area contributed by atoms with Crippen LogP contribution in [0.2, 0.25) is 0 Å². The maximum atomic E-state index is 10.9. The number of phenols is 1. The minimum atomic E-state index is -0.886. The Morgan fingerprint density at radius 2 is 2.35 bits per heavy atom. The van der Waals surface area contributed by atoms with E-state index in [0.29, 0.717) is 19.6 Å². The van der Waals surface area contributed by atoms with Crippen molar-refractivity contribution < 1.29 is 19.7 Å². The highest BCUT2D eigenvalue weighted by Gasteiger charge is 2.33. The van der Waals surface area contributed by atoms with Crippen LogP contribution in [0.1, 0.15) is 12.0 Å². The van der Waals surface area contributed by atoms with Crippen molar-refractivity contribution in [2.24, 2.45) is 0 Å². The van der Waals surface area contributed by atoms with Crippen molar-refractivity contribution in [3.63, 3.8) is 0 Å². The maximum absolute atomic E-state index is 10.9. The molecule has 0 spiro atoms. The van der Waals surface area contributed by atoms with Crippen LogP contribution in [0, 0.1) is 0 Å². The van der Waals surface area contributed by atoms with Crippen LogP contribution < -0.4 is 5.32 Å². The zero-order chi connectivity index (χ0) is 12.3. The molecule has 92 valence electrons. The molecule has 5 nitrogen and oxygen atoms in total. The van der Waals surface area contributed by atoms with E-state index in [2.05, 4.69) is 5.32 Å². The summed E-state index contributed by atoms with van der Waals surface area (Å²) in [4.78, 5) is 10.9. The topological polar surface area (TPSA) is 78.8 Å². The molecule has 2 atom stereocenters. The lowest BCUT2D eigenvalue weighted by Crippen LogP contribution is -2.39. The Bertz CT molecular complexity index is 407. The van der Waals surface area contributed by atoms with Gasteiger partial charge in [0, 0.05) is 0 Å². The first-order chi connectivity index (χ1) is 8.16. The summed E-state index contributed by atoms with van der Waals surface area (Å²) < 4.78 is 5.56. The molecule has 0 bridgehead atoms. The number of carboxylic acid groups (broad SMARTS) is 1. The van der Waals surface area contributed by atoms with E-state index in [0.717, 1.165) is 5.56 Å². The second-order valence-corrected chi connectivity index (χ2v) is 4.08. The Labute approximate surface area is 99.0 Å². The number of aromatic hydroxyl groups is 1. The first kappa shape index (κ1) is 11.9. The molecule has 1 aliphatic rings. The predicted octanol–water partition coefficient (Wildman–Crippen LogP) is 0.724. The number of hydrogen-bond acceptors (Lipinski definition) is 4. The minimum Gasteiger partial charge on any atom is -0.508 e. The van der Waals surface area contributed by atoms with Gasteiger partial charge in [0.15, 0.2) is 0 Å². The summed E-state index contributed by atoms with van der Waals surface area (Å²) in [7, 11) is 0. The Hall–Kier alpha value is -1.59. The molecule has 17 heavy (non-hydrogen) atoms. The lowest BCUT2D eigenvalue weighted by molar-refractivity contribution is -0.142. The minimum absolute atomic E-state index is 0.186. The van der Waals surface area contributed by atoms with Gasteiger partial charge >= 0.3 is 5.97 Å². The summed E-state index contributed by atoms with van der Waals surface area (Å²) in [6.07, 6.45) is 0.380. The fourth-order valence-corrected chi connectivity index (χ4v) is 1.95. The van der Waals surface area contributed by atoms with Crippen molar-refractivity contribution in [3.8, 4) is 5.75 Å². The number of phenolic OH excluding ortho intramolecular Hbond substituents is 1. The zero-order valence-electron chi connectivity index (χ0n) is 9.30. The fraction of sp³-hybridized carbons (Fsp3) is 0.417. The number of carbonyl (C=O) groups is 1. The number of rotatable bonds is 4. The van der Waals surface area contributed by atoms with Gasteiger partial charge in [-0.1, -0.05) is 12.1 Å². The summed E-state index contributed by atoms with van der Waals surface area (Å²) in [5, 5.41) is 21.1.